The van der Waals surface area contributed by atoms with Crippen molar-refractivity contribution < 1.29 is 22.8 Å². The predicted octanol–water partition coefficient (Wildman–Crippen LogP) is 11.2. The smallest absolute Gasteiger partial charge is 0.261 e. The Kier molecular flexibility index (Phi) is 18.0. The first-order valence-electron chi connectivity index (χ1n) is 25.8. The highest BCUT2D eigenvalue weighted by atomic mass is 28.4. The number of carbonyl (C=O) groups excluding carboxylic acids is 1. The third kappa shape index (κ3) is 11.7. The van der Waals surface area contributed by atoms with Gasteiger partial charge < -0.3 is 22.9 Å². The van der Waals surface area contributed by atoms with E-state index in [1.54, 1.807) is 0 Å². The van der Waals surface area contributed by atoms with E-state index in [4.69, 9.17) is 18.0 Å². The molecule has 7 aromatic rings. The number of ether oxygens (including phenoxy) is 1. The fourth-order valence-electron chi connectivity index (χ4n) is 10.8. The summed E-state index contributed by atoms with van der Waals surface area (Å²) in [6.45, 7) is 24.0. The molecule has 0 heterocycles. The molecule has 0 spiro atoms. The maximum atomic E-state index is 12.7. The molecule has 0 aromatic heterocycles. The minimum atomic E-state index is -2.84. The van der Waals surface area contributed by atoms with Gasteiger partial charge in [-0.25, -0.2) is 0 Å². The van der Waals surface area contributed by atoms with E-state index in [-0.39, 0.29) is 15.1 Å². The SMILES string of the molecule is CC(C)(C)[Si](OCCCCOc1cc(N(CCO[Si](c2ccccc2)(c2ccccc2)C(C)(C)C)CCO[Si](c2ccccc2)(c2ccccc2)C(C)(C)C)ccc1C=O)(c1ccccc1)c1ccccc1. The van der Waals surface area contributed by atoms with Crippen LogP contribution < -0.4 is 40.8 Å². The van der Waals surface area contributed by atoms with E-state index >= 15 is 0 Å². The van der Waals surface area contributed by atoms with Gasteiger partial charge in [-0.3, -0.25) is 4.79 Å². The van der Waals surface area contributed by atoms with Crippen LogP contribution in [-0.2, 0) is 13.3 Å². The molecule has 0 saturated heterocycles. The topological polar surface area (TPSA) is 57.2 Å². The van der Waals surface area contributed by atoms with Gasteiger partial charge >= 0.3 is 0 Å². The summed E-state index contributed by atoms with van der Waals surface area (Å²) in [7, 11) is -8.34. The highest BCUT2D eigenvalue weighted by Crippen LogP contribution is 2.39. The summed E-state index contributed by atoms with van der Waals surface area (Å²) in [5.74, 6) is 0.571. The lowest BCUT2D eigenvalue weighted by atomic mass is 10.2. The Morgan fingerprint density at radius 1 is 0.389 bits per heavy atom. The Morgan fingerprint density at radius 2 is 0.681 bits per heavy atom. The van der Waals surface area contributed by atoms with Crippen molar-refractivity contribution in [3.05, 3.63) is 206 Å². The molecule has 7 aromatic carbocycles. The Hall–Kier alpha value is -5.66. The molecule has 0 N–H and O–H groups in total. The third-order valence-corrected chi connectivity index (χ3v) is 29.3. The van der Waals surface area contributed by atoms with Gasteiger partial charge in [-0.15, -0.1) is 0 Å². The van der Waals surface area contributed by atoms with Crippen LogP contribution in [0.5, 0.6) is 5.75 Å². The van der Waals surface area contributed by atoms with Crippen molar-refractivity contribution in [3.63, 3.8) is 0 Å². The Labute approximate surface area is 434 Å². The molecule has 0 fully saturated rings. The lowest BCUT2D eigenvalue weighted by Crippen LogP contribution is -2.67. The number of benzene rings is 7. The van der Waals surface area contributed by atoms with Crippen molar-refractivity contribution in [2.75, 3.05) is 44.4 Å². The molecule has 376 valence electrons. The maximum Gasteiger partial charge on any atom is 0.261 e. The second kappa shape index (κ2) is 23.9. The number of hydrogen-bond acceptors (Lipinski definition) is 6. The standard InChI is InChI=1S/C63H77NO5Si3/c1-61(2,3)70(54-30-16-10-17-31-54,55-32-18-11-19-33-55)67-47-29-28-46-66-60-50-53(43-42-52(60)51-65)64(44-48-68-71(62(4,5)6,56-34-20-12-21-35-56)57-36-22-13-23-37-57)45-49-69-72(63(7,8)9,58-38-24-14-25-39-58)59-40-26-15-27-41-59/h10-27,30-43,50-51H,28-29,44-49H2,1-9H3. The van der Waals surface area contributed by atoms with Crippen LogP contribution in [0.2, 0.25) is 15.1 Å². The molecule has 0 amide bonds. The Bertz CT molecular complexity index is 2500. The van der Waals surface area contributed by atoms with Crippen LogP contribution in [0.4, 0.5) is 5.69 Å². The van der Waals surface area contributed by atoms with Crippen LogP contribution in [0.15, 0.2) is 200 Å². The van der Waals surface area contributed by atoms with E-state index < -0.39 is 25.0 Å². The van der Waals surface area contributed by atoms with E-state index in [1.165, 1.54) is 31.1 Å². The zero-order valence-electron chi connectivity index (χ0n) is 44.3. The molecule has 0 aliphatic rings. The van der Waals surface area contributed by atoms with Crippen molar-refractivity contribution in [2.24, 2.45) is 0 Å². The third-order valence-electron chi connectivity index (χ3n) is 14.2. The van der Waals surface area contributed by atoms with Crippen molar-refractivity contribution in [3.8, 4) is 5.75 Å². The fourth-order valence-corrected chi connectivity index (χ4v) is 24.5. The van der Waals surface area contributed by atoms with E-state index in [1.807, 2.05) is 18.2 Å². The van der Waals surface area contributed by atoms with Crippen LogP contribution in [-0.4, -0.2) is 70.8 Å². The number of unbranched alkanes of at least 4 members (excludes halogenated alkanes) is 1. The molecule has 0 aliphatic heterocycles. The largest absolute Gasteiger partial charge is 0.493 e. The molecular weight excluding hydrogens is 935 g/mol. The van der Waals surface area contributed by atoms with Crippen molar-refractivity contribution in [1.29, 1.82) is 0 Å². The lowest BCUT2D eigenvalue weighted by Gasteiger charge is -2.44. The number of carbonyl (C=O) groups is 1. The summed E-state index contributed by atoms with van der Waals surface area (Å²) in [5.41, 5.74) is 1.47. The van der Waals surface area contributed by atoms with Gasteiger partial charge in [0.1, 0.15) is 5.75 Å². The predicted molar refractivity (Wildman–Crippen MR) is 309 cm³/mol. The van der Waals surface area contributed by atoms with Gasteiger partial charge in [0.05, 0.1) is 25.4 Å². The highest BCUT2D eigenvalue weighted by Gasteiger charge is 2.52. The fraction of sp³-hybridized carbons (Fsp3) is 0.317. The van der Waals surface area contributed by atoms with E-state index in [0.29, 0.717) is 50.8 Å². The summed E-state index contributed by atoms with van der Waals surface area (Å²) in [4.78, 5) is 15.0. The first-order chi connectivity index (χ1) is 34.6. The molecule has 9 heteroatoms. The zero-order valence-corrected chi connectivity index (χ0v) is 47.3. The molecule has 0 bridgehead atoms. The van der Waals surface area contributed by atoms with Crippen LogP contribution in [0.3, 0.4) is 0 Å². The molecule has 0 atom stereocenters. The Balaban J connectivity index is 1.16. The first-order valence-corrected chi connectivity index (χ1v) is 31.5. The van der Waals surface area contributed by atoms with Gasteiger partial charge in [0.2, 0.25) is 0 Å². The van der Waals surface area contributed by atoms with Crippen LogP contribution in [0, 0.1) is 0 Å². The number of anilines is 1. The van der Waals surface area contributed by atoms with Gasteiger partial charge in [-0.1, -0.05) is 244 Å². The van der Waals surface area contributed by atoms with Crippen molar-refractivity contribution >= 4 is 68.0 Å². The molecule has 72 heavy (non-hydrogen) atoms. The molecule has 0 radical (unpaired) electrons. The zero-order chi connectivity index (χ0) is 51.3. The van der Waals surface area contributed by atoms with Crippen molar-refractivity contribution in [1.82, 2.24) is 0 Å². The number of nitrogens with zero attached hydrogens (tertiary/aromatic N) is 1. The first kappa shape index (κ1) is 54.1. The quantitative estimate of drug-likeness (QED) is 0.0362. The Morgan fingerprint density at radius 3 is 0.972 bits per heavy atom. The number of aldehydes is 1. The molecule has 0 aliphatic carbocycles. The van der Waals surface area contributed by atoms with E-state index in [0.717, 1.165) is 24.8 Å². The number of rotatable bonds is 23. The minimum Gasteiger partial charge on any atom is -0.493 e. The summed E-state index contributed by atoms with van der Waals surface area (Å²) in [5, 5.41) is 7.06. The summed E-state index contributed by atoms with van der Waals surface area (Å²) in [6.07, 6.45) is 2.47. The average molecular weight is 1010 g/mol. The monoisotopic (exact) mass is 1010 g/mol. The lowest BCUT2D eigenvalue weighted by molar-refractivity contribution is 0.111. The maximum absolute atomic E-state index is 12.7. The van der Waals surface area contributed by atoms with Gasteiger partial charge in [0.15, 0.2) is 6.29 Å². The number of hydrogen-bond donors (Lipinski definition) is 0. The van der Waals surface area contributed by atoms with Crippen molar-refractivity contribution in [2.45, 2.75) is 90.3 Å². The molecule has 0 saturated carbocycles. The minimum absolute atomic E-state index is 0.105. The molecule has 0 unspecified atom stereocenters. The summed E-state index contributed by atoms with van der Waals surface area (Å²) < 4.78 is 28.8. The van der Waals surface area contributed by atoms with Gasteiger partial charge in [0.25, 0.3) is 25.0 Å². The second-order valence-electron chi connectivity index (χ2n) is 21.9. The highest BCUT2D eigenvalue weighted by molar-refractivity contribution is 7.00. The molecule has 7 rings (SSSR count). The summed E-state index contributed by atoms with van der Waals surface area (Å²) in [6, 6.07) is 70.8. The average Bonchev–Trinajstić information content (AvgIpc) is 3.38. The van der Waals surface area contributed by atoms with E-state index in [9.17, 15) is 4.79 Å². The van der Waals surface area contributed by atoms with Crippen LogP contribution >= 0.6 is 0 Å². The molecular formula is C63H77NO5Si3. The van der Waals surface area contributed by atoms with Gasteiger partial charge in [0, 0.05) is 31.5 Å². The van der Waals surface area contributed by atoms with Gasteiger partial charge in [-0.2, -0.15) is 0 Å². The summed E-state index contributed by atoms with van der Waals surface area (Å²) >= 11 is 0. The van der Waals surface area contributed by atoms with Gasteiger partial charge in [-0.05, 0) is 71.2 Å². The normalized spacial score (nSPS) is 12.6. The second-order valence-corrected chi connectivity index (χ2v) is 34.8. The molecule has 6 nitrogen and oxygen atoms in total. The van der Waals surface area contributed by atoms with Crippen LogP contribution in [0.1, 0.15) is 85.5 Å². The van der Waals surface area contributed by atoms with E-state index in [2.05, 4.69) is 249 Å². The van der Waals surface area contributed by atoms with Crippen LogP contribution in [0.25, 0.3) is 0 Å².